The van der Waals surface area contributed by atoms with Crippen molar-refractivity contribution in [3.8, 4) is 0 Å². The van der Waals surface area contributed by atoms with E-state index in [-0.39, 0.29) is 18.3 Å². The van der Waals surface area contributed by atoms with E-state index < -0.39 is 0 Å². The van der Waals surface area contributed by atoms with Gasteiger partial charge in [-0.25, -0.2) is 0 Å². The smallest absolute Gasteiger partial charge is 0.220 e. The molecule has 0 aliphatic carbocycles. The fourth-order valence-corrected chi connectivity index (χ4v) is 0.920. The number of carbonyl (C=O) groups excluding carboxylic acids is 1. The van der Waals surface area contributed by atoms with Crippen molar-refractivity contribution in [1.82, 2.24) is 5.32 Å². The van der Waals surface area contributed by atoms with Crippen molar-refractivity contribution < 1.29 is 9.53 Å². The molecule has 0 fully saturated rings. The van der Waals surface area contributed by atoms with Crippen molar-refractivity contribution in [2.24, 2.45) is 5.73 Å². The highest BCUT2D eigenvalue weighted by molar-refractivity contribution is 5.85. The predicted molar refractivity (Wildman–Crippen MR) is 64.2 cm³/mol. The summed E-state index contributed by atoms with van der Waals surface area (Å²) in [4.78, 5) is 11.1. The number of hydrogen-bond acceptors (Lipinski definition) is 3. The molecule has 0 spiro atoms. The molecule has 0 saturated carbocycles. The predicted octanol–water partition coefficient (Wildman–Crippen LogP) is 0.856. The molecule has 0 radical (unpaired) electrons. The Kier molecular flexibility index (Phi) is 15.1. The minimum Gasteiger partial charge on any atom is -0.377 e. The normalized spacial score (nSPS) is 9.13. The summed E-state index contributed by atoms with van der Waals surface area (Å²) in [7, 11) is 0. The fourth-order valence-electron chi connectivity index (χ4n) is 0.920. The Labute approximate surface area is 97.7 Å². The molecule has 4 nitrogen and oxygen atoms in total. The van der Waals surface area contributed by atoms with E-state index in [1.807, 2.05) is 0 Å². The van der Waals surface area contributed by atoms with Gasteiger partial charge in [0.25, 0.3) is 0 Å². The summed E-state index contributed by atoms with van der Waals surface area (Å²) in [5.74, 6) is 0.0700. The maximum absolute atomic E-state index is 11.1. The lowest BCUT2D eigenvalue weighted by atomic mass is 10.3. The van der Waals surface area contributed by atoms with E-state index >= 15 is 0 Å². The molecule has 3 N–H and O–H groups in total. The van der Waals surface area contributed by atoms with Crippen molar-refractivity contribution in [2.45, 2.75) is 19.3 Å². The van der Waals surface area contributed by atoms with Crippen LogP contribution < -0.4 is 11.1 Å². The van der Waals surface area contributed by atoms with Crippen molar-refractivity contribution in [2.75, 3.05) is 26.3 Å². The first-order valence-electron chi connectivity index (χ1n) is 4.96. The molecule has 0 aromatic rings. The van der Waals surface area contributed by atoms with Crippen LogP contribution in [0.4, 0.5) is 0 Å². The Morgan fingerprint density at radius 1 is 1.47 bits per heavy atom. The molecule has 0 aliphatic heterocycles. The summed E-state index contributed by atoms with van der Waals surface area (Å²) in [6.45, 7) is 5.97. The van der Waals surface area contributed by atoms with Gasteiger partial charge in [-0.1, -0.05) is 6.08 Å². The standard InChI is InChI=1S/C10H20N2O2.ClH/c1-2-8-14-9-3-5-10(13)12-7-4-6-11;/h2H,1,3-9,11H2,(H,12,13);1H. The van der Waals surface area contributed by atoms with Crippen LogP contribution in [0.25, 0.3) is 0 Å². The second kappa shape index (κ2) is 13.4. The molecule has 0 rings (SSSR count). The summed E-state index contributed by atoms with van der Waals surface area (Å²) in [5.41, 5.74) is 5.29. The Balaban J connectivity index is 0. The van der Waals surface area contributed by atoms with Crippen LogP contribution in [-0.4, -0.2) is 32.2 Å². The second-order valence-electron chi connectivity index (χ2n) is 2.96. The highest BCUT2D eigenvalue weighted by Gasteiger charge is 1.98. The molecule has 0 unspecified atom stereocenters. The fraction of sp³-hybridized carbons (Fsp3) is 0.700. The lowest BCUT2D eigenvalue weighted by Gasteiger charge is -2.03. The number of ether oxygens (including phenoxy) is 1. The van der Waals surface area contributed by atoms with Crippen molar-refractivity contribution in [3.63, 3.8) is 0 Å². The van der Waals surface area contributed by atoms with Crippen molar-refractivity contribution in [1.29, 1.82) is 0 Å². The second-order valence-corrected chi connectivity index (χ2v) is 2.96. The minimum absolute atomic E-state index is 0. The Hall–Kier alpha value is -0.580. The highest BCUT2D eigenvalue weighted by atomic mass is 35.5. The van der Waals surface area contributed by atoms with E-state index in [0.717, 1.165) is 12.8 Å². The number of hydrogen-bond donors (Lipinski definition) is 2. The molecule has 0 atom stereocenters. The molecule has 5 heteroatoms. The Bertz CT molecular complexity index is 166. The van der Waals surface area contributed by atoms with Gasteiger partial charge in [-0.3, -0.25) is 4.79 Å². The molecule has 15 heavy (non-hydrogen) atoms. The molecule has 0 aliphatic rings. The SMILES string of the molecule is C=CCOCCCC(=O)NCCCN.Cl. The van der Waals surface area contributed by atoms with Crippen LogP contribution >= 0.6 is 12.4 Å². The van der Waals surface area contributed by atoms with Gasteiger partial charge in [0.05, 0.1) is 6.61 Å². The first-order chi connectivity index (χ1) is 6.81. The third kappa shape index (κ3) is 13.4. The van der Waals surface area contributed by atoms with Crippen LogP contribution in [0.2, 0.25) is 0 Å². The number of nitrogens with two attached hydrogens (primary N) is 1. The number of carbonyl (C=O) groups is 1. The molecule has 0 saturated heterocycles. The zero-order valence-electron chi connectivity index (χ0n) is 9.04. The molecular weight excluding hydrogens is 216 g/mol. The Morgan fingerprint density at radius 3 is 2.80 bits per heavy atom. The summed E-state index contributed by atoms with van der Waals surface area (Å²) in [5, 5.41) is 2.78. The van der Waals surface area contributed by atoms with Gasteiger partial charge in [0.2, 0.25) is 5.91 Å². The monoisotopic (exact) mass is 236 g/mol. The van der Waals surface area contributed by atoms with E-state index in [0.29, 0.717) is 32.7 Å². The first kappa shape index (κ1) is 16.8. The minimum atomic E-state index is 0. The van der Waals surface area contributed by atoms with E-state index in [1.165, 1.54) is 0 Å². The van der Waals surface area contributed by atoms with Crippen LogP contribution in [-0.2, 0) is 9.53 Å². The average molecular weight is 237 g/mol. The third-order valence-corrected chi connectivity index (χ3v) is 1.63. The van der Waals surface area contributed by atoms with Gasteiger partial charge in [-0.15, -0.1) is 19.0 Å². The number of nitrogens with one attached hydrogen (secondary N) is 1. The summed E-state index contributed by atoms with van der Waals surface area (Å²) >= 11 is 0. The lowest BCUT2D eigenvalue weighted by molar-refractivity contribution is -0.121. The number of amides is 1. The quantitative estimate of drug-likeness (QED) is 0.461. The van der Waals surface area contributed by atoms with E-state index in [4.69, 9.17) is 10.5 Å². The van der Waals surface area contributed by atoms with Gasteiger partial charge in [-0.05, 0) is 19.4 Å². The number of rotatable bonds is 9. The van der Waals surface area contributed by atoms with Crippen LogP contribution in [0.3, 0.4) is 0 Å². The van der Waals surface area contributed by atoms with E-state index in [9.17, 15) is 4.79 Å². The van der Waals surface area contributed by atoms with Gasteiger partial charge in [-0.2, -0.15) is 0 Å². The van der Waals surface area contributed by atoms with Gasteiger partial charge in [0.15, 0.2) is 0 Å². The zero-order chi connectivity index (χ0) is 10.6. The molecule has 1 amide bonds. The summed E-state index contributed by atoms with van der Waals surface area (Å²) < 4.78 is 5.14. The topological polar surface area (TPSA) is 64.3 Å². The molecule has 0 heterocycles. The van der Waals surface area contributed by atoms with Gasteiger partial charge >= 0.3 is 0 Å². The van der Waals surface area contributed by atoms with Crippen LogP contribution in [0.15, 0.2) is 12.7 Å². The largest absolute Gasteiger partial charge is 0.377 e. The molecule has 90 valence electrons. The average Bonchev–Trinajstić information content (AvgIpc) is 2.18. The zero-order valence-corrected chi connectivity index (χ0v) is 9.85. The first-order valence-corrected chi connectivity index (χ1v) is 4.96. The van der Waals surface area contributed by atoms with E-state index in [2.05, 4.69) is 11.9 Å². The van der Waals surface area contributed by atoms with Gasteiger partial charge < -0.3 is 15.8 Å². The number of halogens is 1. The molecule has 0 aromatic carbocycles. The molecule has 0 aromatic heterocycles. The van der Waals surface area contributed by atoms with Gasteiger partial charge in [0.1, 0.15) is 0 Å². The highest BCUT2D eigenvalue weighted by Crippen LogP contribution is 1.90. The summed E-state index contributed by atoms with van der Waals surface area (Å²) in [6, 6.07) is 0. The van der Waals surface area contributed by atoms with Crippen molar-refractivity contribution in [3.05, 3.63) is 12.7 Å². The van der Waals surface area contributed by atoms with Crippen molar-refractivity contribution >= 4 is 18.3 Å². The van der Waals surface area contributed by atoms with E-state index in [1.54, 1.807) is 6.08 Å². The van der Waals surface area contributed by atoms with Crippen LogP contribution in [0.1, 0.15) is 19.3 Å². The lowest BCUT2D eigenvalue weighted by Crippen LogP contribution is -2.25. The third-order valence-electron chi connectivity index (χ3n) is 1.63. The molecule has 0 bridgehead atoms. The van der Waals surface area contributed by atoms with Gasteiger partial charge in [0, 0.05) is 19.6 Å². The Morgan fingerprint density at radius 2 is 2.20 bits per heavy atom. The molecular formula is C10H21ClN2O2. The summed E-state index contributed by atoms with van der Waals surface area (Å²) in [6.07, 6.45) is 3.80. The maximum Gasteiger partial charge on any atom is 0.220 e. The maximum atomic E-state index is 11.1. The van der Waals surface area contributed by atoms with Crippen LogP contribution in [0.5, 0.6) is 0 Å². The van der Waals surface area contributed by atoms with Crippen LogP contribution in [0, 0.1) is 0 Å².